The van der Waals surface area contributed by atoms with Crippen LogP contribution >= 0.6 is 0 Å². The van der Waals surface area contributed by atoms with Crippen molar-refractivity contribution in [3.8, 4) is 0 Å². The average molecular weight is 259 g/mol. The second-order valence-corrected chi connectivity index (χ2v) is 3.98. The molecule has 0 aliphatic carbocycles. The molecule has 7 nitrogen and oxygen atoms in total. The fourth-order valence-corrected chi connectivity index (χ4v) is 1.90. The molecule has 2 rings (SSSR count). The van der Waals surface area contributed by atoms with Crippen molar-refractivity contribution < 1.29 is 19.3 Å². The van der Waals surface area contributed by atoms with Crippen molar-refractivity contribution >= 4 is 5.82 Å². The van der Waals surface area contributed by atoms with Gasteiger partial charge in [0.2, 0.25) is 0 Å². The molecule has 18 heavy (non-hydrogen) atoms. The SMILES string of the molecule is CNc1ccn(C2OC(COF)CC2O)c(=O)n1. The van der Waals surface area contributed by atoms with E-state index in [2.05, 4.69) is 15.2 Å². The number of aliphatic hydroxyl groups is 1. The molecule has 8 heteroatoms. The summed E-state index contributed by atoms with van der Waals surface area (Å²) >= 11 is 0. The number of aromatic nitrogens is 2. The second kappa shape index (κ2) is 5.42. The van der Waals surface area contributed by atoms with Gasteiger partial charge < -0.3 is 15.2 Å². The molecule has 0 bridgehead atoms. The Balaban J connectivity index is 2.19. The number of anilines is 1. The lowest BCUT2D eigenvalue weighted by molar-refractivity contribution is -0.169. The van der Waals surface area contributed by atoms with Crippen LogP contribution in [0.4, 0.5) is 10.3 Å². The highest BCUT2D eigenvalue weighted by Crippen LogP contribution is 2.27. The molecule has 100 valence electrons. The summed E-state index contributed by atoms with van der Waals surface area (Å²) in [5.74, 6) is 0.423. The first-order chi connectivity index (χ1) is 8.65. The predicted octanol–water partition coefficient (Wildman–Crippen LogP) is -0.166. The summed E-state index contributed by atoms with van der Waals surface area (Å²) < 4.78 is 18.2. The van der Waals surface area contributed by atoms with Gasteiger partial charge in [-0.25, -0.2) is 4.79 Å². The van der Waals surface area contributed by atoms with Crippen LogP contribution in [-0.4, -0.2) is 40.5 Å². The van der Waals surface area contributed by atoms with Gasteiger partial charge >= 0.3 is 5.69 Å². The van der Waals surface area contributed by atoms with Gasteiger partial charge in [0.15, 0.2) is 6.23 Å². The van der Waals surface area contributed by atoms with Crippen LogP contribution in [0, 0.1) is 0 Å². The summed E-state index contributed by atoms with van der Waals surface area (Å²) in [4.78, 5) is 18.9. The average Bonchev–Trinajstić information content (AvgIpc) is 2.70. The quantitative estimate of drug-likeness (QED) is 0.781. The maximum absolute atomic E-state index is 11.7. The van der Waals surface area contributed by atoms with E-state index in [-0.39, 0.29) is 13.0 Å². The van der Waals surface area contributed by atoms with E-state index in [1.54, 1.807) is 13.1 Å². The molecule has 3 unspecified atom stereocenters. The summed E-state index contributed by atoms with van der Waals surface area (Å²) in [5.41, 5.74) is -0.548. The smallest absolute Gasteiger partial charge is 0.351 e. The van der Waals surface area contributed by atoms with Crippen LogP contribution in [-0.2, 0) is 9.68 Å². The Bertz CT molecular complexity index is 467. The summed E-state index contributed by atoms with van der Waals surface area (Å²) in [6.07, 6.45) is -0.672. The van der Waals surface area contributed by atoms with Crippen molar-refractivity contribution in [3.05, 3.63) is 22.7 Å². The summed E-state index contributed by atoms with van der Waals surface area (Å²) in [6.45, 7) is -0.273. The van der Waals surface area contributed by atoms with E-state index in [1.165, 1.54) is 10.8 Å². The topological polar surface area (TPSA) is 85.6 Å². The second-order valence-electron chi connectivity index (χ2n) is 3.98. The van der Waals surface area contributed by atoms with Gasteiger partial charge in [-0.05, 0) is 10.6 Å². The molecule has 1 fully saturated rings. The Kier molecular flexibility index (Phi) is 3.90. The third-order valence-corrected chi connectivity index (χ3v) is 2.77. The number of nitrogens with zero attached hydrogens (tertiary/aromatic N) is 2. The van der Waals surface area contributed by atoms with E-state index in [4.69, 9.17) is 4.74 Å². The van der Waals surface area contributed by atoms with Crippen LogP contribution in [0.1, 0.15) is 12.6 Å². The van der Waals surface area contributed by atoms with Crippen LogP contribution in [0.15, 0.2) is 17.1 Å². The van der Waals surface area contributed by atoms with Crippen LogP contribution in [0.3, 0.4) is 0 Å². The Morgan fingerprint density at radius 3 is 3.17 bits per heavy atom. The molecule has 1 saturated heterocycles. The Morgan fingerprint density at radius 2 is 2.56 bits per heavy atom. The minimum atomic E-state index is -0.898. The maximum atomic E-state index is 11.7. The maximum Gasteiger partial charge on any atom is 0.351 e. The lowest BCUT2D eigenvalue weighted by Gasteiger charge is -2.17. The molecule has 1 aromatic rings. The number of hydrogen-bond donors (Lipinski definition) is 2. The Morgan fingerprint density at radius 1 is 1.78 bits per heavy atom. The van der Waals surface area contributed by atoms with Gasteiger partial charge in [0, 0.05) is 19.7 Å². The van der Waals surface area contributed by atoms with E-state index >= 15 is 0 Å². The highest BCUT2D eigenvalue weighted by molar-refractivity contribution is 5.30. The number of halogens is 1. The molecule has 1 aromatic heterocycles. The lowest BCUT2D eigenvalue weighted by Crippen LogP contribution is -2.31. The largest absolute Gasteiger partial charge is 0.388 e. The number of nitrogens with one attached hydrogen (secondary N) is 1. The zero-order chi connectivity index (χ0) is 13.1. The number of hydrogen-bond acceptors (Lipinski definition) is 6. The first-order valence-corrected chi connectivity index (χ1v) is 5.49. The molecule has 1 aliphatic rings. The monoisotopic (exact) mass is 259 g/mol. The van der Waals surface area contributed by atoms with Crippen LogP contribution in [0.5, 0.6) is 0 Å². The van der Waals surface area contributed by atoms with Crippen molar-refractivity contribution in [1.82, 2.24) is 9.55 Å². The third kappa shape index (κ3) is 2.50. The van der Waals surface area contributed by atoms with Crippen molar-refractivity contribution in [2.24, 2.45) is 0 Å². The van der Waals surface area contributed by atoms with E-state index in [0.29, 0.717) is 5.82 Å². The van der Waals surface area contributed by atoms with Crippen molar-refractivity contribution in [2.75, 3.05) is 19.0 Å². The molecule has 0 amide bonds. The number of ether oxygens (including phenoxy) is 1. The number of aliphatic hydroxyl groups excluding tert-OH is 1. The van der Waals surface area contributed by atoms with Gasteiger partial charge in [-0.2, -0.15) is 9.93 Å². The minimum absolute atomic E-state index is 0.203. The lowest BCUT2D eigenvalue weighted by atomic mass is 10.2. The molecular weight excluding hydrogens is 245 g/mol. The first kappa shape index (κ1) is 12.9. The minimum Gasteiger partial charge on any atom is -0.388 e. The standard InChI is InChI=1S/C10H14FN3O4/c1-12-8-2-3-14(10(16)13-8)9-7(15)4-6(18-9)5-17-11/h2-3,6-7,9,15H,4-5H2,1H3,(H,12,13,16). The number of rotatable bonds is 4. The van der Waals surface area contributed by atoms with Crippen LogP contribution < -0.4 is 11.0 Å². The normalized spacial score (nSPS) is 27.4. The van der Waals surface area contributed by atoms with Gasteiger partial charge in [0.05, 0.1) is 6.10 Å². The van der Waals surface area contributed by atoms with E-state index in [0.717, 1.165) is 0 Å². The fraction of sp³-hybridized carbons (Fsp3) is 0.600. The molecule has 1 aliphatic heterocycles. The van der Waals surface area contributed by atoms with Crippen molar-refractivity contribution in [2.45, 2.75) is 24.9 Å². The molecule has 0 spiro atoms. The molecule has 2 N–H and O–H groups in total. The molecule has 2 heterocycles. The highest BCUT2D eigenvalue weighted by atomic mass is 19.3. The summed E-state index contributed by atoms with van der Waals surface area (Å²) in [6, 6.07) is 1.58. The summed E-state index contributed by atoms with van der Waals surface area (Å²) in [5, 5.41) is 12.5. The molecule has 0 aromatic carbocycles. The molecule has 3 atom stereocenters. The fourth-order valence-electron chi connectivity index (χ4n) is 1.90. The molecule has 0 radical (unpaired) electrons. The van der Waals surface area contributed by atoms with Crippen LogP contribution in [0.25, 0.3) is 0 Å². The molecule has 0 saturated carbocycles. The van der Waals surface area contributed by atoms with Gasteiger partial charge in [0.25, 0.3) is 0 Å². The summed E-state index contributed by atoms with van der Waals surface area (Å²) in [7, 11) is 1.64. The highest BCUT2D eigenvalue weighted by Gasteiger charge is 2.36. The molecular formula is C10H14FN3O4. The van der Waals surface area contributed by atoms with Crippen molar-refractivity contribution in [1.29, 1.82) is 0 Å². The van der Waals surface area contributed by atoms with Crippen molar-refractivity contribution in [3.63, 3.8) is 0 Å². The predicted molar refractivity (Wildman–Crippen MR) is 59.6 cm³/mol. The van der Waals surface area contributed by atoms with Gasteiger partial charge in [-0.3, -0.25) is 4.57 Å². The van der Waals surface area contributed by atoms with Gasteiger partial charge in [0.1, 0.15) is 18.5 Å². The first-order valence-electron chi connectivity index (χ1n) is 5.49. The van der Waals surface area contributed by atoms with Gasteiger partial charge in [-0.15, -0.1) is 0 Å². The zero-order valence-electron chi connectivity index (χ0n) is 9.75. The Labute approximate surface area is 102 Å². The van der Waals surface area contributed by atoms with E-state index in [9.17, 15) is 14.4 Å². The third-order valence-electron chi connectivity index (χ3n) is 2.77. The van der Waals surface area contributed by atoms with Crippen LogP contribution in [0.2, 0.25) is 0 Å². The van der Waals surface area contributed by atoms with E-state index < -0.39 is 24.1 Å². The van der Waals surface area contributed by atoms with E-state index in [1.807, 2.05) is 0 Å². The van der Waals surface area contributed by atoms with Gasteiger partial charge in [-0.1, -0.05) is 0 Å². The zero-order valence-corrected chi connectivity index (χ0v) is 9.75. The Hall–Kier alpha value is -1.51.